The molecule has 0 bridgehead atoms. The first-order valence-corrected chi connectivity index (χ1v) is 7.45. The number of aldehydes is 1. The molecular weight excluding hydrogens is 282 g/mol. The van der Waals surface area contributed by atoms with Gasteiger partial charge < -0.3 is 5.11 Å². The van der Waals surface area contributed by atoms with Gasteiger partial charge in [0.15, 0.2) is 6.29 Å². The summed E-state index contributed by atoms with van der Waals surface area (Å²) in [5.41, 5.74) is 2.18. The molecule has 0 atom stereocenters. The molecule has 0 spiro atoms. The highest BCUT2D eigenvalue weighted by molar-refractivity contribution is 5.87. The number of hydrogen-bond donors (Lipinski definition) is 1. The predicted molar refractivity (Wildman–Crippen MR) is 79.5 cm³/mol. The van der Waals surface area contributed by atoms with E-state index in [1.54, 1.807) is 16.8 Å². The third-order valence-corrected chi connectivity index (χ3v) is 4.19. The van der Waals surface area contributed by atoms with Crippen LogP contribution in [0.15, 0.2) is 24.3 Å². The van der Waals surface area contributed by atoms with Crippen LogP contribution in [0.4, 0.5) is 0 Å². The summed E-state index contributed by atoms with van der Waals surface area (Å²) in [5, 5.41) is 17.0. The second-order valence-electron chi connectivity index (χ2n) is 5.58. The van der Waals surface area contributed by atoms with Gasteiger partial charge in [0.05, 0.1) is 16.9 Å². The molecule has 0 saturated heterocycles. The Kier molecular flexibility index (Phi) is 4.00. The van der Waals surface area contributed by atoms with Gasteiger partial charge in [-0.3, -0.25) is 4.79 Å². The van der Waals surface area contributed by atoms with Crippen LogP contribution in [0.2, 0.25) is 0 Å². The number of carbonyl (C=O) groups is 2. The number of carboxylic acid groups (broad SMARTS) is 1. The Morgan fingerprint density at radius 2 is 1.86 bits per heavy atom. The quantitative estimate of drug-likeness (QED) is 0.877. The van der Waals surface area contributed by atoms with Crippen LogP contribution in [-0.2, 0) is 0 Å². The lowest BCUT2D eigenvalue weighted by atomic mass is 9.86. The maximum atomic E-state index is 11.3. The van der Waals surface area contributed by atoms with Gasteiger partial charge in [0.1, 0.15) is 5.69 Å². The van der Waals surface area contributed by atoms with Crippen LogP contribution < -0.4 is 0 Å². The van der Waals surface area contributed by atoms with E-state index in [0.717, 1.165) is 43.4 Å². The van der Waals surface area contributed by atoms with Gasteiger partial charge in [0.25, 0.3) is 0 Å². The molecule has 1 N–H and O–H groups in total. The molecule has 0 radical (unpaired) electrons. The van der Waals surface area contributed by atoms with Crippen LogP contribution in [0.1, 0.15) is 64.6 Å². The van der Waals surface area contributed by atoms with E-state index in [2.05, 4.69) is 10.3 Å². The molecular formula is C16H17N3O3. The lowest BCUT2D eigenvalue weighted by Crippen LogP contribution is -2.12. The summed E-state index contributed by atoms with van der Waals surface area (Å²) in [6.45, 7) is 0. The topological polar surface area (TPSA) is 85.1 Å². The zero-order chi connectivity index (χ0) is 15.5. The molecule has 1 saturated carbocycles. The van der Waals surface area contributed by atoms with Crippen molar-refractivity contribution >= 4 is 12.3 Å². The average Bonchev–Trinajstić information content (AvgIpc) is 2.99. The standard InChI is InChI=1S/C16H17N3O3/c20-10-14-15(11-4-2-1-3-5-11)19(18-17-14)13-8-6-12(7-9-13)16(21)22/h6-11H,1-5H2,(H,21,22). The molecule has 3 rings (SSSR count). The highest BCUT2D eigenvalue weighted by Crippen LogP contribution is 2.34. The lowest BCUT2D eigenvalue weighted by molar-refractivity contribution is 0.0696. The number of carboxylic acids is 1. The van der Waals surface area contributed by atoms with Gasteiger partial charge in [-0.2, -0.15) is 0 Å². The van der Waals surface area contributed by atoms with Crippen molar-refractivity contribution in [3.8, 4) is 5.69 Å². The summed E-state index contributed by atoms with van der Waals surface area (Å²) in [5.74, 6) is -0.686. The third kappa shape index (κ3) is 2.64. The van der Waals surface area contributed by atoms with Crippen LogP contribution in [0, 0.1) is 0 Å². The number of carbonyl (C=O) groups excluding carboxylic acids is 1. The normalized spacial score (nSPS) is 15.6. The van der Waals surface area contributed by atoms with E-state index in [1.165, 1.54) is 18.6 Å². The fourth-order valence-electron chi connectivity index (χ4n) is 3.08. The van der Waals surface area contributed by atoms with Gasteiger partial charge in [0, 0.05) is 5.92 Å². The maximum Gasteiger partial charge on any atom is 0.335 e. The molecule has 114 valence electrons. The molecule has 0 aliphatic heterocycles. The first-order valence-electron chi connectivity index (χ1n) is 7.45. The molecule has 1 aliphatic carbocycles. The van der Waals surface area contributed by atoms with Gasteiger partial charge in [-0.1, -0.05) is 24.5 Å². The van der Waals surface area contributed by atoms with Crippen LogP contribution >= 0.6 is 0 Å². The van der Waals surface area contributed by atoms with Crippen molar-refractivity contribution in [3.63, 3.8) is 0 Å². The van der Waals surface area contributed by atoms with Crippen LogP contribution in [0.5, 0.6) is 0 Å². The first kappa shape index (κ1) is 14.4. The second-order valence-corrected chi connectivity index (χ2v) is 5.58. The number of benzene rings is 1. The van der Waals surface area contributed by atoms with E-state index in [-0.39, 0.29) is 11.5 Å². The van der Waals surface area contributed by atoms with Crippen LogP contribution in [0.3, 0.4) is 0 Å². The number of aromatic nitrogens is 3. The summed E-state index contributed by atoms with van der Waals surface area (Å²) >= 11 is 0. The van der Waals surface area contributed by atoms with Gasteiger partial charge in [-0.25, -0.2) is 9.48 Å². The minimum Gasteiger partial charge on any atom is -0.478 e. The van der Waals surface area contributed by atoms with Gasteiger partial charge in [-0.15, -0.1) is 5.10 Å². The summed E-state index contributed by atoms with van der Waals surface area (Å²) in [4.78, 5) is 22.2. The van der Waals surface area contributed by atoms with E-state index < -0.39 is 5.97 Å². The minimum absolute atomic E-state index is 0.221. The fourth-order valence-corrected chi connectivity index (χ4v) is 3.08. The van der Waals surface area contributed by atoms with Crippen LogP contribution in [-0.4, -0.2) is 32.4 Å². The molecule has 1 fully saturated rings. The van der Waals surface area contributed by atoms with E-state index in [1.807, 2.05) is 0 Å². The second kappa shape index (κ2) is 6.09. The van der Waals surface area contributed by atoms with Crippen molar-refractivity contribution in [1.29, 1.82) is 0 Å². The fraction of sp³-hybridized carbons (Fsp3) is 0.375. The first-order chi connectivity index (χ1) is 10.7. The highest BCUT2D eigenvalue weighted by atomic mass is 16.4. The van der Waals surface area contributed by atoms with Gasteiger partial charge in [-0.05, 0) is 37.1 Å². The Labute approximate surface area is 127 Å². The molecule has 22 heavy (non-hydrogen) atoms. The average molecular weight is 299 g/mol. The summed E-state index contributed by atoms with van der Waals surface area (Å²) in [6.07, 6.45) is 6.32. The molecule has 0 unspecified atom stereocenters. The van der Waals surface area contributed by atoms with E-state index in [0.29, 0.717) is 5.69 Å². The SMILES string of the molecule is O=Cc1nnn(-c2ccc(C(=O)O)cc2)c1C1CCCCC1. The van der Waals surface area contributed by atoms with Crippen molar-refractivity contribution in [1.82, 2.24) is 15.0 Å². The zero-order valence-corrected chi connectivity index (χ0v) is 12.1. The largest absolute Gasteiger partial charge is 0.478 e. The number of rotatable bonds is 4. The predicted octanol–water partition coefficient (Wildman–Crippen LogP) is 2.83. The molecule has 1 aliphatic rings. The molecule has 6 nitrogen and oxygen atoms in total. The van der Waals surface area contributed by atoms with Gasteiger partial charge in [0.2, 0.25) is 0 Å². The monoisotopic (exact) mass is 299 g/mol. The van der Waals surface area contributed by atoms with E-state index in [9.17, 15) is 9.59 Å². The van der Waals surface area contributed by atoms with Crippen molar-refractivity contribution in [2.24, 2.45) is 0 Å². The Hall–Kier alpha value is -2.50. The molecule has 1 heterocycles. The Morgan fingerprint density at radius 1 is 1.18 bits per heavy atom. The van der Waals surface area contributed by atoms with Crippen LogP contribution in [0.25, 0.3) is 5.69 Å². The van der Waals surface area contributed by atoms with Crippen molar-refractivity contribution < 1.29 is 14.7 Å². The Morgan fingerprint density at radius 3 is 2.45 bits per heavy atom. The molecule has 6 heteroatoms. The molecule has 1 aromatic carbocycles. The van der Waals surface area contributed by atoms with Crippen molar-refractivity contribution in [2.75, 3.05) is 0 Å². The minimum atomic E-state index is -0.966. The molecule has 2 aromatic rings. The van der Waals surface area contributed by atoms with Crippen molar-refractivity contribution in [3.05, 3.63) is 41.2 Å². The third-order valence-electron chi connectivity index (χ3n) is 4.19. The summed E-state index contributed by atoms with van der Waals surface area (Å²) in [6, 6.07) is 6.45. The zero-order valence-electron chi connectivity index (χ0n) is 12.1. The van der Waals surface area contributed by atoms with E-state index in [4.69, 9.17) is 5.11 Å². The molecule has 1 aromatic heterocycles. The highest BCUT2D eigenvalue weighted by Gasteiger charge is 2.25. The number of hydrogen-bond acceptors (Lipinski definition) is 4. The van der Waals surface area contributed by atoms with E-state index >= 15 is 0 Å². The Bertz CT molecular complexity index is 685. The Balaban J connectivity index is 2.01. The lowest BCUT2D eigenvalue weighted by Gasteiger charge is -2.22. The summed E-state index contributed by atoms with van der Waals surface area (Å²) < 4.78 is 1.67. The number of aromatic carboxylic acids is 1. The number of nitrogens with zero attached hydrogens (tertiary/aromatic N) is 3. The summed E-state index contributed by atoms with van der Waals surface area (Å²) in [7, 11) is 0. The molecule has 0 amide bonds. The smallest absolute Gasteiger partial charge is 0.335 e. The maximum absolute atomic E-state index is 11.3. The van der Waals surface area contributed by atoms with Gasteiger partial charge >= 0.3 is 5.97 Å². The van der Waals surface area contributed by atoms with Crippen molar-refractivity contribution in [2.45, 2.75) is 38.0 Å².